The van der Waals surface area contributed by atoms with Crippen LogP contribution in [0.25, 0.3) is 0 Å². The maximum atomic E-state index is 12.4. The van der Waals surface area contributed by atoms with Gasteiger partial charge in [0.25, 0.3) is 0 Å². The van der Waals surface area contributed by atoms with Crippen molar-refractivity contribution in [2.45, 2.75) is 71.5 Å². The van der Waals surface area contributed by atoms with E-state index in [9.17, 15) is 9.59 Å². The molecular formula is C32H54N2O7S2. The van der Waals surface area contributed by atoms with Crippen LogP contribution in [0.4, 0.5) is 5.69 Å². The number of nitrogens with one attached hydrogen (secondary N) is 2. The van der Waals surface area contributed by atoms with E-state index in [1.165, 1.54) is 0 Å². The van der Waals surface area contributed by atoms with E-state index in [1.54, 1.807) is 27.7 Å². The first-order valence-corrected chi connectivity index (χ1v) is 17.3. The lowest BCUT2D eigenvalue weighted by atomic mass is 10.1. The molecular weight excluding hydrogens is 588 g/mol. The summed E-state index contributed by atoms with van der Waals surface area (Å²) >= 11 is 0. The summed E-state index contributed by atoms with van der Waals surface area (Å²) in [5.74, 6) is 1.41. The molecule has 2 amide bonds. The quantitative estimate of drug-likeness (QED) is 0.0579. The van der Waals surface area contributed by atoms with Crippen molar-refractivity contribution < 1.29 is 33.3 Å². The Balaban J connectivity index is 2.40. The van der Waals surface area contributed by atoms with Crippen LogP contribution in [-0.4, -0.2) is 81.4 Å². The molecule has 0 saturated heterocycles. The second kappa shape index (κ2) is 23.6. The number of allylic oxidation sites excluding steroid dienone is 1. The number of benzene rings is 1. The van der Waals surface area contributed by atoms with Crippen LogP contribution in [0.2, 0.25) is 0 Å². The summed E-state index contributed by atoms with van der Waals surface area (Å²) in [4.78, 5) is 24.3. The fourth-order valence-electron chi connectivity index (χ4n) is 3.13. The van der Waals surface area contributed by atoms with Gasteiger partial charge in [0, 0.05) is 29.7 Å². The zero-order valence-corrected chi connectivity index (χ0v) is 28.8. The topological polar surface area (TPSA) is 104 Å². The normalized spacial score (nSPS) is 12.7. The lowest BCUT2D eigenvalue weighted by Gasteiger charge is -2.22. The van der Waals surface area contributed by atoms with Crippen LogP contribution in [0.15, 0.2) is 36.4 Å². The molecule has 0 heterocycles. The van der Waals surface area contributed by atoms with E-state index < -0.39 is 0 Å². The Morgan fingerprint density at radius 3 is 2.35 bits per heavy atom. The zero-order chi connectivity index (χ0) is 31.9. The van der Waals surface area contributed by atoms with Gasteiger partial charge in [-0.2, -0.15) is 0 Å². The predicted octanol–water partition coefficient (Wildman–Crippen LogP) is 6.34. The summed E-state index contributed by atoms with van der Waals surface area (Å²) in [6.45, 7) is 18.4. The Labute approximate surface area is 267 Å². The SMILES string of the molecule is CC(C)/C=C/CNC(=O)COCCOC(COc1cccc(NC(=O)CCOCCOCCC(C)C)c1)SSC(C)(C)C. The van der Waals surface area contributed by atoms with Gasteiger partial charge in [0.05, 0.1) is 39.5 Å². The third kappa shape index (κ3) is 24.3. The number of anilines is 1. The standard InChI is InChI=1S/C32H54N2O7S2/c1-25(2)10-9-15-33-30(36)23-39-20-21-40-31(42-43-32(5,6)7)24-41-28-12-8-11-27(22-28)34-29(35)14-17-38-19-18-37-16-13-26(3)4/h8-12,22,25-26,31H,13-21,23-24H2,1-7H3,(H,33,36)(H,34,35)/b10-9+. The Hall–Kier alpha value is -1.76. The molecule has 0 bridgehead atoms. The molecule has 1 atom stereocenters. The van der Waals surface area contributed by atoms with E-state index in [-0.39, 0.29) is 35.0 Å². The van der Waals surface area contributed by atoms with Crippen molar-refractivity contribution in [3.63, 3.8) is 0 Å². The highest BCUT2D eigenvalue weighted by molar-refractivity contribution is 8.77. The third-order valence-electron chi connectivity index (χ3n) is 5.30. The number of carbonyl (C=O) groups excluding carboxylic acids is 2. The highest BCUT2D eigenvalue weighted by Crippen LogP contribution is 2.38. The highest BCUT2D eigenvalue weighted by Gasteiger charge is 2.18. The van der Waals surface area contributed by atoms with Crippen molar-refractivity contribution in [3.05, 3.63) is 36.4 Å². The first-order valence-electron chi connectivity index (χ1n) is 15.1. The van der Waals surface area contributed by atoms with Gasteiger partial charge < -0.3 is 34.3 Å². The number of hydrogen-bond acceptors (Lipinski definition) is 9. The summed E-state index contributed by atoms with van der Waals surface area (Å²) < 4.78 is 28.6. The molecule has 0 aliphatic rings. The maximum absolute atomic E-state index is 12.4. The van der Waals surface area contributed by atoms with Crippen molar-refractivity contribution in [1.29, 1.82) is 0 Å². The molecule has 1 unspecified atom stereocenters. The number of amides is 2. The van der Waals surface area contributed by atoms with Gasteiger partial charge >= 0.3 is 0 Å². The zero-order valence-electron chi connectivity index (χ0n) is 27.1. The van der Waals surface area contributed by atoms with E-state index in [0.717, 1.165) is 13.0 Å². The van der Waals surface area contributed by atoms with E-state index in [0.29, 0.717) is 69.5 Å². The van der Waals surface area contributed by atoms with Gasteiger partial charge in [0.1, 0.15) is 24.4 Å². The predicted molar refractivity (Wildman–Crippen MR) is 179 cm³/mol. The van der Waals surface area contributed by atoms with Crippen LogP contribution in [0, 0.1) is 11.8 Å². The molecule has 11 heteroatoms. The monoisotopic (exact) mass is 642 g/mol. The van der Waals surface area contributed by atoms with Gasteiger partial charge in [-0.25, -0.2) is 0 Å². The Kier molecular flexibility index (Phi) is 21.5. The second-order valence-corrected chi connectivity index (χ2v) is 14.9. The first-order chi connectivity index (χ1) is 20.4. The molecule has 1 rings (SSSR count). The lowest BCUT2D eigenvalue weighted by molar-refractivity contribution is -0.126. The summed E-state index contributed by atoms with van der Waals surface area (Å²) in [6.07, 6.45) is 5.27. The molecule has 2 N–H and O–H groups in total. The number of carbonyl (C=O) groups is 2. The Morgan fingerprint density at radius 1 is 0.930 bits per heavy atom. The van der Waals surface area contributed by atoms with Gasteiger partial charge in [-0.3, -0.25) is 9.59 Å². The van der Waals surface area contributed by atoms with E-state index >= 15 is 0 Å². The molecule has 43 heavy (non-hydrogen) atoms. The van der Waals surface area contributed by atoms with Gasteiger partial charge in [-0.1, -0.05) is 88.3 Å². The van der Waals surface area contributed by atoms with Crippen molar-refractivity contribution >= 4 is 39.1 Å². The molecule has 246 valence electrons. The smallest absolute Gasteiger partial charge is 0.246 e. The molecule has 0 spiro atoms. The minimum absolute atomic E-state index is 0.0125. The molecule has 0 saturated carbocycles. The summed E-state index contributed by atoms with van der Waals surface area (Å²) in [6, 6.07) is 7.29. The molecule has 0 fully saturated rings. The third-order valence-corrected chi connectivity index (χ3v) is 8.81. The minimum Gasteiger partial charge on any atom is -0.490 e. The summed E-state index contributed by atoms with van der Waals surface area (Å²) in [7, 11) is 3.31. The fourth-order valence-corrected chi connectivity index (χ4v) is 5.32. The molecule has 9 nitrogen and oxygen atoms in total. The van der Waals surface area contributed by atoms with Crippen LogP contribution in [0.5, 0.6) is 5.75 Å². The van der Waals surface area contributed by atoms with E-state index in [4.69, 9.17) is 23.7 Å². The Morgan fingerprint density at radius 2 is 1.65 bits per heavy atom. The van der Waals surface area contributed by atoms with E-state index in [2.05, 4.69) is 59.1 Å². The van der Waals surface area contributed by atoms with Crippen LogP contribution in [-0.2, 0) is 28.5 Å². The van der Waals surface area contributed by atoms with Crippen LogP contribution in [0.1, 0.15) is 61.3 Å². The fraction of sp³-hybridized carbons (Fsp3) is 0.688. The Bertz CT molecular complexity index is 923. The number of rotatable bonds is 24. The average molecular weight is 643 g/mol. The van der Waals surface area contributed by atoms with Gasteiger partial charge in [-0.05, 0) is 30.4 Å². The number of hydrogen-bond donors (Lipinski definition) is 2. The second-order valence-electron chi connectivity index (χ2n) is 11.7. The molecule has 0 aliphatic carbocycles. The van der Waals surface area contributed by atoms with Crippen molar-refractivity contribution in [2.75, 3.05) is 64.7 Å². The largest absolute Gasteiger partial charge is 0.490 e. The first kappa shape index (κ1) is 39.3. The minimum atomic E-state index is -0.257. The maximum Gasteiger partial charge on any atom is 0.246 e. The summed E-state index contributed by atoms with van der Waals surface area (Å²) in [5.41, 5.74) is 0.396. The van der Waals surface area contributed by atoms with Gasteiger partial charge in [0.15, 0.2) is 0 Å². The van der Waals surface area contributed by atoms with E-state index in [1.807, 2.05) is 30.4 Å². The van der Waals surface area contributed by atoms with Crippen molar-refractivity contribution in [2.24, 2.45) is 11.8 Å². The molecule has 0 aliphatic heterocycles. The van der Waals surface area contributed by atoms with Crippen LogP contribution < -0.4 is 15.4 Å². The molecule has 0 radical (unpaired) electrons. The highest BCUT2D eigenvalue weighted by atomic mass is 33.1. The average Bonchev–Trinajstić information content (AvgIpc) is 2.92. The number of ether oxygens (including phenoxy) is 5. The molecule has 1 aromatic carbocycles. The summed E-state index contributed by atoms with van der Waals surface area (Å²) in [5, 5.41) is 5.69. The molecule has 0 aromatic heterocycles. The van der Waals surface area contributed by atoms with Gasteiger partial charge in [-0.15, -0.1) is 0 Å². The van der Waals surface area contributed by atoms with Crippen LogP contribution >= 0.6 is 21.6 Å². The lowest BCUT2D eigenvalue weighted by Crippen LogP contribution is -2.28. The van der Waals surface area contributed by atoms with Gasteiger partial charge in [0.2, 0.25) is 11.8 Å². The molecule has 1 aromatic rings. The van der Waals surface area contributed by atoms with Crippen molar-refractivity contribution in [3.8, 4) is 5.75 Å². The van der Waals surface area contributed by atoms with Crippen molar-refractivity contribution in [1.82, 2.24) is 5.32 Å². The van der Waals surface area contributed by atoms with Crippen LogP contribution in [0.3, 0.4) is 0 Å².